The molecule has 8 N–H and O–H groups in total. The van der Waals surface area contributed by atoms with Crippen LogP contribution in [0.3, 0.4) is 0 Å². The average Bonchev–Trinajstić information content (AvgIpc) is 0.836. The Hall–Kier alpha value is -7.18. The zero-order valence-electron chi connectivity index (χ0n) is 63.4. The van der Waals surface area contributed by atoms with Crippen LogP contribution in [0.1, 0.15) is 244 Å². The Balaban J connectivity index is 0.000000566. The van der Waals surface area contributed by atoms with E-state index in [4.69, 9.17) is 43.4 Å². The molecular weight excluding hydrogens is 1220 g/mol. The molecule has 7 aromatic carbocycles. The molecule has 0 amide bonds. The molecule has 0 radical (unpaired) electrons. The van der Waals surface area contributed by atoms with E-state index in [0.29, 0.717) is 52.8 Å². The molecule has 0 fully saturated rings. The Morgan fingerprint density at radius 3 is 1.08 bits per heavy atom. The van der Waals surface area contributed by atoms with Gasteiger partial charge in [0.05, 0.1) is 103 Å². The zero-order valence-corrected chi connectivity index (χ0v) is 63.4. The first-order valence-corrected chi connectivity index (χ1v) is 33.5. The van der Waals surface area contributed by atoms with E-state index in [-0.39, 0.29) is 58.8 Å². The largest absolute Gasteiger partial charge is 0.497 e. The van der Waals surface area contributed by atoms with Crippen LogP contribution in [0.4, 0.5) is 0 Å². The van der Waals surface area contributed by atoms with Gasteiger partial charge in [-0.1, -0.05) is 157 Å². The highest BCUT2D eigenvalue weighted by atomic mass is 16.5. The minimum absolute atomic E-state index is 0.00942. The molecule has 97 heavy (non-hydrogen) atoms. The Labute approximate surface area is 583 Å². The van der Waals surface area contributed by atoms with E-state index in [9.17, 15) is 30.6 Å². The number of rotatable bonds is 22. The van der Waals surface area contributed by atoms with Gasteiger partial charge < -0.3 is 74.0 Å². The third kappa shape index (κ3) is 26.5. The van der Waals surface area contributed by atoms with Crippen molar-refractivity contribution in [1.82, 2.24) is 0 Å². The minimum Gasteiger partial charge on any atom is -0.497 e. The third-order valence-corrected chi connectivity index (χ3v) is 16.5. The highest BCUT2D eigenvalue weighted by Gasteiger charge is 2.19. The van der Waals surface area contributed by atoms with Gasteiger partial charge >= 0.3 is 0 Å². The molecule has 540 valence electrons. The molecule has 0 aliphatic rings. The average molecular weight is 1350 g/mol. The fourth-order valence-electron chi connectivity index (χ4n) is 11.5. The summed E-state index contributed by atoms with van der Waals surface area (Å²) in [7, 11) is 11.5. The summed E-state index contributed by atoms with van der Waals surface area (Å²) in [5, 5.41) is 73.8. The monoisotopic (exact) mass is 1350 g/mol. The Bertz CT molecular complexity index is 3360. The van der Waals surface area contributed by atoms with Crippen LogP contribution in [0.2, 0.25) is 0 Å². The van der Waals surface area contributed by atoms with E-state index in [1.165, 1.54) is 16.7 Å². The van der Waals surface area contributed by atoms with Crippen molar-refractivity contribution in [2.45, 2.75) is 219 Å². The lowest BCUT2D eigenvalue weighted by Crippen LogP contribution is -2.05. The first kappa shape index (κ1) is 87.8. The zero-order chi connectivity index (χ0) is 74.0. The topological polar surface area (TPSA) is 226 Å². The Kier molecular flexibility index (Phi) is 41.1. The van der Waals surface area contributed by atoms with E-state index in [1.54, 1.807) is 55.8 Å². The van der Waals surface area contributed by atoms with Crippen LogP contribution in [0.25, 0.3) is 0 Å². The SMILES string of the molecule is COc1cc(C(C)C)c(CO)cc1C.COc1cc(C(C)C)cc(OC)c1C.COc1ccc(C(C)C)c(CO)c1OC.COc1ccc(CO)c(C(C)C)c1.COc1ccc(CO)c(C(C)C)c1CO.Cc1cc(CO)c(C(C)C)c(CO)c1.Cc1ccc(C(C)C)c(CO)c1. The van der Waals surface area contributed by atoms with Gasteiger partial charge in [-0.15, -0.1) is 0 Å². The molecular formula is C82H122O15. The van der Waals surface area contributed by atoms with Crippen molar-refractivity contribution >= 4 is 0 Å². The molecule has 0 unspecified atom stereocenters. The molecule has 0 bridgehead atoms. The number of benzene rings is 7. The third-order valence-electron chi connectivity index (χ3n) is 16.5. The van der Waals surface area contributed by atoms with Crippen LogP contribution in [-0.4, -0.2) is 90.6 Å². The van der Waals surface area contributed by atoms with E-state index in [0.717, 1.165) is 112 Å². The number of methoxy groups -OCH3 is 7. The summed E-state index contributed by atoms with van der Waals surface area (Å²) in [6.45, 7) is 37.7. The molecule has 0 spiro atoms. The number of aryl methyl sites for hydroxylation is 3. The second-order valence-corrected chi connectivity index (χ2v) is 25.9. The van der Waals surface area contributed by atoms with Crippen LogP contribution < -0.4 is 33.2 Å². The standard InChI is InChI=1S/2C12H18O3.3C12H18O2.C11H16O2.C11H16O/c1-8(2)9-5-6-11(14-3)12(15-4)10(9)7-13;1-8(2)12-9(6-13)4-5-11(15-3)10(12)7-14;1-8(2)10-6-11(13-4)9(3)12(7-10)14-5;1-8(2)11-6-12(14-4)9(3)5-10(11)7-13;1-8(2)12-10(6-13)4-9(3)5-11(12)7-14;1-8(2)11-6-10(13-3)5-4-9(11)7-12;1-8(2)11-5-4-9(3)6-10(11)7-12/h5-6,8,13H,7H2,1-4H3;4-5,8,13-14H,6-7H2,1-3H3;6-8H,1-5H3;5-6,8,13H,7H2,1-4H3;4-5,8,13-14H,6-7H2,1-3H3;4-6,8,12H,7H2,1-3H3;4-6,8,12H,7H2,1-3H3. The summed E-state index contributed by atoms with van der Waals surface area (Å²) in [5.74, 6) is 8.25. The highest BCUT2D eigenvalue weighted by molar-refractivity contribution is 5.52. The molecule has 0 aliphatic heterocycles. The van der Waals surface area contributed by atoms with Crippen LogP contribution in [0.5, 0.6) is 40.2 Å². The molecule has 0 heterocycles. The maximum atomic E-state index is 9.36. The van der Waals surface area contributed by atoms with Crippen molar-refractivity contribution in [1.29, 1.82) is 0 Å². The van der Waals surface area contributed by atoms with Crippen molar-refractivity contribution in [3.8, 4) is 40.2 Å². The molecule has 0 saturated heterocycles. The van der Waals surface area contributed by atoms with Gasteiger partial charge in [-0.05, 0) is 196 Å². The minimum atomic E-state index is -0.0650. The number of hydrogen-bond donors (Lipinski definition) is 8. The summed E-state index contributed by atoms with van der Waals surface area (Å²) in [6, 6.07) is 31.6. The lowest BCUT2D eigenvalue weighted by Gasteiger charge is -2.18. The molecule has 15 heteroatoms. The molecule has 0 aliphatic carbocycles. The number of aliphatic hydroxyl groups is 8. The summed E-state index contributed by atoms with van der Waals surface area (Å²) < 4.78 is 36.6. The van der Waals surface area contributed by atoms with Crippen LogP contribution in [-0.2, 0) is 52.9 Å². The van der Waals surface area contributed by atoms with Gasteiger partial charge in [0.25, 0.3) is 0 Å². The molecule has 15 nitrogen and oxygen atoms in total. The van der Waals surface area contributed by atoms with Crippen molar-refractivity contribution in [3.63, 3.8) is 0 Å². The Morgan fingerprint density at radius 2 is 0.691 bits per heavy atom. The predicted octanol–water partition coefficient (Wildman–Crippen LogP) is 16.9. The predicted molar refractivity (Wildman–Crippen MR) is 396 cm³/mol. The van der Waals surface area contributed by atoms with Gasteiger partial charge in [-0.3, -0.25) is 0 Å². The van der Waals surface area contributed by atoms with Crippen molar-refractivity contribution in [3.05, 3.63) is 203 Å². The lowest BCUT2D eigenvalue weighted by molar-refractivity contribution is 0.266. The maximum absolute atomic E-state index is 9.36. The van der Waals surface area contributed by atoms with Crippen molar-refractivity contribution in [2.75, 3.05) is 49.8 Å². The van der Waals surface area contributed by atoms with Crippen LogP contribution in [0, 0.1) is 27.7 Å². The first-order chi connectivity index (χ1) is 45.9. The molecule has 0 saturated carbocycles. The van der Waals surface area contributed by atoms with Crippen molar-refractivity contribution < 1.29 is 74.0 Å². The molecule has 0 aromatic heterocycles. The second kappa shape index (κ2) is 45.4. The van der Waals surface area contributed by atoms with E-state index in [1.807, 2.05) is 102 Å². The number of ether oxygens (including phenoxy) is 7. The fourth-order valence-corrected chi connectivity index (χ4v) is 11.5. The smallest absolute Gasteiger partial charge is 0.166 e. The Morgan fingerprint density at radius 1 is 0.278 bits per heavy atom. The second-order valence-electron chi connectivity index (χ2n) is 25.9. The van der Waals surface area contributed by atoms with E-state index < -0.39 is 0 Å². The quantitative estimate of drug-likeness (QED) is 0.0316. The summed E-state index contributed by atoms with van der Waals surface area (Å²) >= 11 is 0. The number of aliphatic hydroxyl groups excluding tert-OH is 8. The van der Waals surface area contributed by atoms with E-state index in [2.05, 4.69) is 113 Å². The first-order valence-electron chi connectivity index (χ1n) is 33.5. The summed E-state index contributed by atoms with van der Waals surface area (Å²) in [6.07, 6.45) is 0. The van der Waals surface area contributed by atoms with Gasteiger partial charge in [0.1, 0.15) is 28.7 Å². The normalized spacial score (nSPS) is 10.7. The van der Waals surface area contributed by atoms with E-state index >= 15 is 0 Å². The van der Waals surface area contributed by atoms with Gasteiger partial charge in [-0.25, -0.2) is 0 Å². The fraction of sp³-hybridized carbons (Fsp3) is 0.488. The molecule has 7 rings (SSSR count). The summed E-state index contributed by atoms with van der Waals surface area (Å²) in [4.78, 5) is 0. The van der Waals surface area contributed by atoms with Gasteiger partial charge in [0.15, 0.2) is 11.5 Å². The van der Waals surface area contributed by atoms with Crippen LogP contribution in [0.15, 0.2) is 97.1 Å². The van der Waals surface area contributed by atoms with Gasteiger partial charge in [0.2, 0.25) is 0 Å². The van der Waals surface area contributed by atoms with Crippen LogP contribution >= 0.6 is 0 Å². The lowest BCUT2D eigenvalue weighted by atomic mass is 9.91. The van der Waals surface area contributed by atoms with Crippen molar-refractivity contribution in [2.24, 2.45) is 0 Å². The highest BCUT2D eigenvalue weighted by Crippen LogP contribution is 2.38. The molecule has 7 aromatic rings. The molecule has 0 atom stereocenters. The van der Waals surface area contributed by atoms with Gasteiger partial charge in [-0.2, -0.15) is 0 Å². The maximum Gasteiger partial charge on any atom is 0.166 e. The summed E-state index contributed by atoms with van der Waals surface area (Å²) in [5.41, 5.74) is 19.7. The van der Waals surface area contributed by atoms with Gasteiger partial charge in [0, 0.05) is 16.7 Å². The number of hydrogen-bond acceptors (Lipinski definition) is 15.